The molecule has 10 nitrogen and oxygen atoms in total. The lowest BCUT2D eigenvalue weighted by atomic mass is 9.90. The van der Waals surface area contributed by atoms with E-state index in [1.165, 1.54) is 0 Å². The summed E-state index contributed by atoms with van der Waals surface area (Å²) in [6.07, 6.45) is 14.7. The van der Waals surface area contributed by atoms with Crippen molar-refractivity contribution in [3.05, 3.63) is 206 Å². The molecule has 68 heavy (non-hydrogen) atoms. The van der Waals surface area contributed by atoms with Gasteiger partial charge >= 0.3 is 0 Å². The Morgan fingerprint density at radius 1 is 0.279 bits per heavy atom. The fraction of sp³-hybridized carbons (Fsp3) is 0. The Morgan fingerprint density at radius 3 is 0.824 bits per heavy atom. The van der Waals surface area contributed by atoms with Crippen LogP contribution in [0.15, 0.2) is 195 Å². The standard InChI is InChI=1S/C58H32N10/c59-29-43-49(65-45-13-5-1-9-35(45)39-21-25-61-31-53(39)65)17-19-51(67-47-15-7-3-11-37(47)41-23-27-63-33-55(41)67)57(43)58-44(30-60)50(66-46-14-6-2-10-36(46)40-22-26-62-32-54(40)66)18-20-52(58)68-48-16-8-4-12-38(48)42-24-28-64-34-56(42)68/h1-28,31-34H. The van der Waals surface area contributed by atoms with E-state index < -0.39 is 0 Å². The smallest absolute Gasteiger partial charge is 0.102 e. The number of pyridine rings is 4. The molecule has 0 aliphatic heterocycles. The second kappa shape index (κ2) is 14.3. The van der Waals surface area contributed by atoms with E-state index in [-0.39, 0.29) is 0 Å². The van der Waals surface area contributed by atoms with E-state index in [9.17, 15) is 10.5 Å². The second-order valence-electron chi connectivity index (χ2n) is 16.9. The number of hydrogen-bond donors (Lipinski definition) is 0. The van der Waals surface area contributed by atoms with E-state index in [0.717, 1.165) is 87.2 Å². The van der Waals surface area contributed by atoms with Gasteiger partial charge in [0.15, 0.2) is 0 Å². The van der Waals surface area contributed by atoms with Gasteiger partial charge in [-0.1, -0.05) is 72.8 Å². The van der Waals surface area contributed by atoms with Gasteiger partial charge in [-0.05, 0) is 72.8 Å². The van der Waals surface area contributed by atoms with Gasteiger partial charge < -0.3 is 18.3 Å². The maximum absolute atomic E-state index is 12.1. The minimum absolute atomic E-state index is 0.376. The number of nitrogens with zero attached hydrogens (tertiary/aromatic N) is 10. The molecule has 0 N–H and O–H groups in total. The average molecular weight is 869 g/mol. The van der Waals surface area contributed by atoms with Crippen molar-refractivity contribution in [1.82, 2.24) is 38.2 Å². The van der Waals surface area contributed by atoms with Gasteiger partial charge in [-0.25, -0.2) is 0 Å². The quantitative estimate of drug-likeness (QED) is 0.170. The molecule has 0 unspecified atom stereocenters. The number of nitriles is 2. The number of rotatable bonds is 5. The molecule has 8 aromatic heterocycles. The first-order valence-corrected chi connectivity index (χ1v) is 22.2. The summed E-state index contributed by atoms with van der Waals surface area (Å²) in [7, 11) is 0. The maximum atomic E-state index is 12.1. The van der Waals surface area contributed by atoms with Crippen molar-refractivity contribution < 1.29 is 0 Å². The molecule has 0 aliphatic rings. The van der Waals surface area contributed by atoms with Crippen LogP contribution >= 0.6 is 0 Å². The molecule has 0 fully saturated rings. The van der Waals surface area contributed by atoms with Gasteiger partial charge in [-0.15, -0.1) is 0 Å². The third-order valence-electron chi connectivity index (χ3n) is 13.7. The van der Waals surface area contributed by atoms with Crippen molar-refractivity contribution >= 4 is 87.2 Å². The fourth-order valence-corrected chi connectivity index (χ4v) is 11.0. The van der Waals surface area contributed by atoms with Crippen molar-refractivity contribution in [2.75, 3.05) is 0 Å². The van der Waals surface area contributed by atoms with Crippen LogP contribution in [0.1, 0.15) is 11.1 Å². The van der Waals surface area contributed by atoms with Gasteiger partial charge in [0.05, 0.1) is 103 Å². The zero-order chi connectivity index (χ0) is 45.0. The molecule has 10 heteroatoms. The van der Waals surface area contributed by atoms with Crippen LogP contribution in [0.3, 0.4) is 0 Å². The molecule has 8 heterocycles. The minimum Gasteiger partial charge on any atom is -0.307 e. The molecule has 6 aromatic carbocycles. The van der Waals surface area contributed by atoms with Crippen molar-refractivity contribution in [2.45, 2.75) is 0 Å². The highest BCUT2D eigenvalue weighted by Crippen LogP contribution is 2.47. The predicted octanol–water partition coefficient (Wildman–Crippen LogP) is 13.1. The Bertz CT molecular complexity index is 4050. The highest BCUT2D eigenvalue weighted by molar-refractivity contribution is 6.14. The molecule has 14 aromatic rings. The lowest BCUT2D eigenvalue weighted by Crippen LogP contribution is -2.10. The number of fused-ring (bicyclic) bond motifs is 12. The van der Waals surface area contributed by atoms with Crippen LogP contribution in [0.5, 0.6) is 0 Å². The monoisotopic (exact) mass is 868 g/mol. The summed E-state index contributed by atoms with van der Waals surface area (Å²) in [6, 6.07) is 55.0. The van der Waals surface area contributed by atoms with Crippen LogP contribution < -0.4 is 0 Å². The molecular formula is C58H32N10. The lowest BCUT2D eigenvalue weighted by molar-refractivity contribution is 1.11. The van der Waals surface area contributed by atoms with Crippen LogP contribution in [0.25, 0.3) is 121 Å². The summed E-state index contributed by atoms with van der Waals surface area (Å²) >= 11 is 0. The van der Waals surface area contributed by atoms with Gasteiger partial charge in [0.2, 0.25) is 0 Å². The van der Waals surface area contributed by atoms with Crippen LogP contribution in [-0.4, -0.2) is 38.2 Å². The maximum Gasteiger partial charge on any atom is 0.102 e. The van der Waals surface area contributed by atoms with Crippen LogP contribution in [-0.2, 0) is 0 Å². The van der Waals surface area contributed by atoms with E-state index in [1.54, 1.807) is 12.4 Å². The molecule has 0 atom stereocenters. The molecule has 0 spiro atoms. The van der Waals surface area contributed by atoms with Crippen molar-refractivity contribution in [3.63, 3.8) is 0 Å². The van der Waals surface area contributed by atoms with Crippen LogP contribution in [0.2, 0.25) is 0 Å². The molecule has 14 rings (SSSR count). The Morgan fingerprint density at radius 2 is 0.529 bits per heavy atom. The topological polar surface area (TPSA) is 119 Å². The number of para-hydroxylation sites is 4. The molecule has 0 saturated carbocycles. The highest BCUT2D eigenvalue weighted by Gasteiger charge is 2.30. The molecule has 0 aliphatic carbocycles. The second-order valence-corrected chi connectivity index (χ2v) is 16.9. The van der Waals surface area contributed by atoms with E-state index >= 15 is 0 Å². The SMILES string of the molecule is N#Cc1c(-n2c3ccccc3c3ccncc32)ccc(-n2c3ccccc3c3ccncc32)c1-c1c(-n2c3ccccc3c3ccncc32)ccc(-n2c3ccccc3c3ccncc32)c1C#N. The first kappa shape index (κ1) is 37.5. The van der Waals surface area contributed by atoms with Crippen LogP contribution in [0, 0.1) is 22.7 Å². The van der Waals surface area contributed by atoms with Gasteiger partial charge in [-0.3, -0.25) is 19.9 Å². The Hall–Kier alpha value is -9.90. The van der Waals surface area contributed by atoms with Crippen molar-refractivity contribution in [1.29, 1.82) is 10.5 Å². The normalized spacial score (nSPS) is 11.8. The number of benzene rings is 6. The largest absolute Gasteiger partial charge is 0.307 e. The van der Waals surface area contributed by atoms with Crippen molar-refractivity contribution in [3.8, 4) is 46.0 Å². The Balaban J connectivity index is 1.23. The lowest BCUT2D eigenvalue weighted by Gasteiger charge is -2.24. The van der Waals surface area contributed by atoms with E-state index in [4.69, 9.17) is 0 Å². The van der Waals surface area contributed by atoms with Crippen molar-refractivity contribution in [2.24, 2.45) is 0 Å². The summed E-state index contributed by atoms with van der Waals surface area (Å²) in [4.78, 5) is 18.5. The molecule has 0 saturated heterocycles. The van der Waals surface area contributed by atoms with Crippen LogP contribution in [0.4, 0.5) is 0 Å². The zero-order valence-electron chi connectivity index (χ0n) is 35.9. The van der Waals surface area contributed by atoms with E-state index in [2.05, 4.69) is 111 Å². The first-order valence-electron chi connectivity index (χ1n) is 22.2. The van der Waals surface area contributed by atoms with E-state index in [0.29, 0.717) is 45.0 Å². The Kier molecular flexibility index (Phi) is 7.88. The summed E-state index contributed by atoms with van der Waals surface area (Å²) < 4.78 is 8.66. The van der Waals surface area contributed by atoms with Gasteiger partial charge in [0, 0.05) is 79.0 Å². The molecule has 314 valence electrons. The number of aromatic nitrogens is 8. The average Bonchev–Trinajstić information content (AvgIpc) is 4.13. The third-order valence-corrected chi connectivity index (χ3v) is 13.7. The van der Waals surface area contributed by atoms with Gasteiger partial charge in [0.1, 0.15) is 12.1 Å². The number of hydrogen-bond acceptors (Lipinski definition) is 6. The molecule has 0 bridgehead atoms. The molecule has 0 radical (unpaired) electrons. The zero-order valence-corrected chi connectivity index (χ0v) is 35.9. The fourth-order valence-electron chi connectivity index (χ4n) is 11.0. The Labute approximate surface area is 386 Å². The molecular weight excluding hydrogens is 837 g/mol. The summed E-state index contributed by atoms with van der Waals surface area (Å²) in [6.45, 7) is 0. The summed E-state index contributed by atoms with van der Waals surface area (Å²) in [5.74, 6) is 0. The van der Waals surface area contributed by atoms with Gasteiger partial charge in [0.25, 0.3) is 0 Å². The predicted molar refractivity (Wildman–Crippen MR) is 270 cm³/mol. The summed E-state index contributed by atoms with van der Waals surface area (Å²) in [5.41, 5.74) is 11.8. The van der Waals surface area contributed by atoms with E-state index in [1.807, 2.05) is 122 Å². The highest BCUT2D eigenvalue weighted by atomic mass is 15.0. The minimum atomic E-state index is 0.376. The van der Waals surface area contributed by atoms with Gasteiger partial charge in [-0.2, -0.15) is 10.5 Å². The molecule has 0 amide bonds. The first-order chi connectivity index (χ1) is 33.7. The summed E-state index contributed by atoms with van der Waals surface area (Å²) in [5, 5.41) is 32.4. The third kappa shape index (κ3) is 5.03.